The van der Waals surface area contributed by atoms with E-state index in [1.54, 1.807) is 18.3 Å². The maximum absolute atomic E-state index is 13.6. The molecule has 5 rings (SSSR count). The number of pyridine rings is 1. The fraction of sp³-hybridized carbons (Fsp3) is 0.556. The zero-order valence-electron chi connectivity index (χ0n) is 37.1. The summed E-state index contributed by atoms with van der Waals surface area (Å²) in [7, 11) is -2.28. The molecule has 0 unspecified atom stereocenters. The lowest BCUT2D eigenvalue weighted by Gasteiger charge is -2.22. The van der Waals surface area contributed by atoms with Gasteiger partial charge in [-0.1, -0.05) is 36.7 Å². The van der Waals surface area contributed by atoms with Crippen LogP contribution in [0, 0.1) is 0 Å². The van der Waals surface area contributed by atoms with Crippen molar-refractivity contribution in [3.8, 4) is 16.9 Å². The van der Waals surface area contributed by atoms with Crippen molar-refractivity contribution in [2.75, 3.05) is 79.3 Å². The van der Waals surface area contributed by atoms with Crippen molar-refractivity contribution in [3.63, 3.8) is 0 Å². The number of rotatable bonds is 30. The Balaban J connectivity index is 0.904. The van der Waals surface area contributed by atoms with Crippen LogP contribution in [-0.2, 0) is 36.4 Å². The average molecular weight is 930 g/mol. The number of aromatic nitrogens is 1. The molecule has 2 aliphatic carbocycles. The summed E-state index contributed by atoms with van der Waals surface area (Å²) in [5.41, 5.74) is 2.97. The largest absolute Gasteiger partial charge is 0.490 e. The van der Waals surface area contributed by atoms with Crippen molar-refractivity contribution in [2.24, 2.45) is 0 Å². The van der Waals surface area contributed by atoms with Gasteiger partial charge in [0.25, 0.3) is 0 Å². The second kappa shape index (κ2) is 26.3. The smallest absolute Gasteiger partial charge is 0.314 e. The maximum atomic E-state index is 13.6. The van der Waals surface area contributed by atoms with Gasteiger partial charge >= 0.3 is 18.1 Å². The zero-order valence-corrected chi connectivity index (χ0v) is 38.6. The Labute approximate surface area is 382 Å². The van der Waals surface area contributed by atoms with Gasteiger partial charge in [-0.2, -0.15) is 0 Å². The van der Waals surface area contributed by atoms with Crippen LogP contribution >= 0.6 is 11.6 Å². The fourth-order valence-electron chi connectivity index (χ4n) is 6.63. The lowest BCUT2D eigenvalue weighted by atomic mass is 9.96. The Bertz CT molecular complexity index is 2060. The molecule has 3 aromatic rings. The van der Waals surface area contributed by atoms with Crippen LogP contribution in [0.3, 0.4) is 0 Å². The van der Waals surface area contributed by atoms with Gasteiger partial charge in [-0.25, -0.2) is 27.1 Å². The van der Waals surface area contributed by atoms with Crippen molar-refractivity contribution in [1.82, 2.24) is 41.2 Å². The predicted molar refractivity (Wildman–Crippen MR) is 245 cm³/mol. The van der Waals surface area contributed by atoms with Gasteiger partial charge in [0.1, 0.15) is 5.75 Å². The van der Waals surface area contributed by atoms with Gasteiger partial charge in [0.05, 0.1) is 49.6 Å². The number of halogens is 1. The van der Waals surface area contributed by atoms with E-state index in [0.717, 1.165) is 67.4 Å². The number of benzene rings is 2. The Kier molecular flexibility index (Phi) is 20.7. The number of nitrogens with one attached hydrogen (secondary N) is 6. The van der Waals surface area contributed by atoms with Crippen LogP contribution in [0.2, 0.25) is 5.02 Å². The number of ether oxygens (including phenoxy) is 4. The molecule has 0 bridgehead atoms. The minimum Gasteiger partial charge on any atom is -0.490 e. The predicted octanol–water partition coefficient (Wildman–Crippen LogP) is 5.67. The first-order valence-electron chi connectivity index (χ1n) is 22.3. The van der Waals surface area contributed by atoms with Crippen LogP contribution in [0.5, 0.6) is 5.75 Å². The monoisotopic (exact) mass is 928 g/mol. The number of hydrogen-bond acceptors (Lipinski definition) is 10. The Hall–Kier alpha value is -4.72. The molecule has 0 saturated heterocycles. The van der Waals surface area contributed by atoms with E-state index in [4.69, 9.17) is 30.5 Å². The van der Waals surface area contributed by atoms with E-state index in [1.165, 1.54) is 17.4 Å². The van der Waals surface area contributed by atoms with Gasteiger partial charge in [-0.3, -0.25) is 4.98 Å². The van der Waals surface area contributed by atoms with Gasteiger partial charge in [0.2, 0.25) is 10.0 Å². The molecule has 1 heterocycles. The van der Waals surface area contributed by atoms with E-state index in [0.29, 0.717) is 89.1 Å². The third kappa shape index (κ3) is 16.7. The molecular formula is C45H65ClN8O9S. The topological polar surface area (TPSA) is 211 Å². The second-order valence-corrected chi connectivity index (χ2v) is 18.2. The summed E-state index contributed by atoms with van der Waals surface area (Å²) >= 11 is 6.59. The van der Waals surface area contributed by atoms with Gasteiger partial charge in [-0.05, 0) is 99.2 Å². The zero-order chi connectivity index (χ0) is 45.6. The highest BCUT2D eigenvalue weighted by Gasteiger charge is 2.48. The molecule has 17 nitrogen and oxygen atoms in total. The van der Waals surface area contributed by atoms with Crippen molar-refractivity contribution in [2.45, 2.75) is 87.9 Å². The molecule has 0 atom stereocenters. The number of urea groups is 3. The Morgan fingerprint density at radius 3 is 1.97 bits per heavy atom. The molecule has 2 saturated carbocycles. The summed E-state index contributed by atoms with van der Waals surface area (Å²) in [5, 5.41) is 16.9. The minimum absolute atomic E-state index is 0.125. The highest BCUT2D eigenvalue weighted by atomic mass is 35.5. The SMILES string of the molecule is CCCNC(=O)NCCCCNC(=O)NCCOCCOCCNC(=O)NCCCCN(C)S(=O)(=O)c1ccc(Cl)c(COC2(c3cnccc3-c3ccccc3OC3CC3)CC2)c1. The number of unbranched alkanes of at least 4 members (excludes halogenated alkanes) is 2. The van der Waals surface area contributed by atoms with E-state index >= 15 is 0 Å². The molecule has 2 aromatic carbocycles. The number of amides is 6. The number of hydrogen-bond donors (Lipinski definition) is 6. The quantitative estimate of drug-likeness (QED) is 0.0451. The summed E-state index contributed by atoms with van der Waals surface area (Å²) < 4.78 is 52.2. The van der Waals surface area contributed by atoms with E-state index in [9.17, 15) is 22.8 Å². The number of carbonyl (C=O) groups is 3. The minimum atomic E-state index is -3.82. The molecule has 6 N–H and O–H groups in total. The average Bonchev–Trinajstić information content (AvgIpc) is 4.25. The Morgan fingerprint density at radius 2 is 1.36 bits per heavy atom. The highest BCUT2D eigenvalue weighted by Crippen LogP contribution is 2.53. The molecule has 64 heavy (non-hydrogen) atoms. The maximum Gasteiger partial charge on any atom is 0.314 e. The third-order valence-corrected chi connectivity index (χ3v) is 12.8. The molecule has 352 valence electrons. The van der Waals surface area contributed by atoms with Crippen LogP contribution in [0.25, 0.3) is 11.1 Å². The van der Waals surface area contributed by atoms with Crippen LogP contribution in [0.15, 0.2) is 65.8 Å². The van der Waals surface area contributed by atoms with Gasteiger partial charge < -0.3 is 50.8 Å². The fourth-order valence-corrected chi connectivity index (χ4v) is 8.06. The van der Waals surface area contributed by atoms with Gasteiger partial charge in [0.15, 0.2) is 0 Å². The highest BCUT2D eigenvalue weighted by molar-refractivity contribution is 7.89. The van der Waals surface area contributed by atoms with Crippen LogP contribution in [0.4, 0.5) is 14.4 Å². The van der Waals surface area contributed by atoms with Crippen LogP contribution in [0.1, 0.15) is 75.8 Å². The van der Waals surface area contributed by atoms with E-state index in [2.05, 4.69) is 43.0 Å². The number of sulfonamides is 1. The van der Waals surface area contributed by atoms with Crippen molar-refractivity contribution in [1.29, 1.82) is 0 Å². The molecule has 19 heteroatoms. The summed E-state index contributed by atoms with van der Waals surface area (Å²) in [4.78, 5) is 40.1. The molecular weight excluding hydrogens is 864 g/mol. The first-order chi connectivity index (χ1) is 31.0. The standard InChI is InChI=1S/C45H65ClN8O9S/c1-3-19-48-42(55)49-20-6-7-21-50-43(56)52-24-27-60-29-30-61-28-25-53-44(57)51-22-8-9-26-54(2)64(58,59)36-14-15-40(46)34(31-36)33-62-45(17-18-45)39-32-47-23-16-37(39)38-10-4-5-11-41(38)63-35-12-13-35/h4-5,10-11,14-16,23,31-32,35H,3,6-9,12-13,17-22,24-30,33H2,1-2H3,(H2,48,49,55)(H2,50,52,56)(H2,51,53,57). The van der Waals surface area contributed by atoms with Crippen molar-refractivity contribution >= 4 is 39.7 Å². The molecule has 2 aliphatic rings. The van der Waals surface area contributed by atoms with Crippen LogP contribution in [-0.4, -0.2) is 121 Å². The first-order valence-corrected chi connectivity index (χ1v) is 24.1. The molecule has 6 amide bonds. The number of carbonyl (C=O) groups excluding carboxylic acids is 3. The molecule has 1 aromatic heterocycles. The summed E-state index contributed by atoms with van der Waals surface area (Å²) in [6.07, 6.45) is 11.1. The Morgan fingerprint density at radius 1 is 0.766 bits per heavy atom. The molecule has 0 spiro atoms. The lowest BCUT2D eigenvalue weighted by Crippen LogP contribution is -2.38. The van der Waals surface area contributed by atoms with E-state index < -0.39 is 15.6 Å². The number of nitrogens with zero attached hydrogens (tertiary/aromatic N) is 2. The van der Waals surface area contributed by atoms with Gasteiger partial charge in [0, 0.05) is 81.4 Å². The van der Waals surface area contributed by atoms with Crippen molar-refractivity contribution in [3.05, 3.63) is 77.1 Å². The van der Waals surface area contributed by atoms with Crippen molar-refractivity contribution < 1.29 is 41.7 Å². The second-order valence-electron chi connectivity index (χ2n) is 15.8. The van der Waals surface area contributed by atoms with Gasteiger partial charge in [-0.15, -0.1) is 0 Å². The molecule has 0 aliphatic heterocycles. The lowest BCUT2D eigenvalue weighted by molar-refractivity contribution is 0.0173. The summed E-state index contributed by atoms with van der Waals surface area (Å²) in [6, 6.07) is 13.9. The van der Waals surface area contributed by atoms with E-state index in [1.807, 2.05) is 37.4 Å². The first kappa shape index (κ1) is 50.3. The number of para-hydroxylation sites is 1. The molecule has 0 radical (unpaired) electrons. The summed E-state index contributed by atoms with van der Waals surface area (Å²) in [5.74, 6) is 0.841. The molecule has 2 fully saturated rings. The van der Waals surface area contributed by atoms with E-state index in [-0.39, 0.29) is 42.2 Å². The third-order valence-electron chi connectivity index (χ3n) is 10.6. The van der Waals surface area contributed by atoms with Crippen LogP contribution < -0.4 is 36.6 Å². The normalized spacial score (nSPS) is 14.1. The summed E-state index contributed by atoms with van der Waals surface area (Å²) in [6.45, 7) is 6.41.